The van der Waals surface area contributed by atoms with Crippen molar-refractivity contribution in [2.75, 3.05) is 128 Å². The van der Waals surface area contributed by atoms with Gasteiger partial charge in [-0.3, -0.25) is 111 Å². The van der Waals surface area contributed by atoms with Crippen molar-refractivity contribution in [1.82, 2.24) is 72.4 Å². The van der Waals surface area contributed by atoms with Gasteiger partial charge in [-0.25, -0.2) is 0 Å². The molecule has 5 aromatic rings. The number of nitrogens with two attached hydrogens (primary N) is 2. The van der Waals surface area contributed by atoms with Crippen LogP contribution < -0.4 is 64.6 Å². The molecule has 11 amide bonds. The Kier molecular flexibility index (Phi) is 38.9. The molecule has 0 aromatic heterocycles. The lowest BCUT2D eigenvalue weighted by Crippen LogP contribution is -2.58. The van der Waals surface area contributed by atoms with E-state index in [0.29, 0.717) is 39.6 Å². The first-order valence-electron chi connectivity index (χ1n) is 41.6. The number of azo groups is 1. The number of phenolic OH excluding ortho intramolecular Hbond substituents is 1. The van der Waals surface area contributed by atoms with E-state index in [4.69, 9.17) is 16.9 Å². The normalized spacial score (nSPS) is 18.5. The number of carbonyl (C=O) groups excluding carboxylic acids is 11. The largest absolute Gasteiger partial charge is 0.505 e. The monoisotopic (exact) mass is 1880 g/mol. The van der Waals surface area contributed by atoms with E-state index in [1.54, 1.807) is 100 Å². The van der Waals surface area contributed by atoms with Gasteiger partial charge < -0.3 is 90.2 Å². The van der Waals surface area contributed by atoms with Gasteiger partial charge in [0, 0.05) is 109 Å². The third-order valence-electron chi connectivity index (χ3n) is 21.4. The number of nitrogen functional groups attached to an aromatic ring is 1. The van der Waals surface area contributed by atoms with E-state index in [1.165, 1.54) is 0 Å². The molecule has 6 atom stereocenters. The van der Waals surface area contributed by atoms with Crippen LogP contribution >= 0.6 is 11.8 Å². The molecule has 3 heterocycles. The minimum absolute atomic E-state index is 0.00464. The number of unbranched alkanes of at least 4 members (excludes halogenated alkanes) is 2. The molecule has 49 heteroatoms. The number of phenols is 1. The van der Waals surface area contributed by atoms with Gasteiger partial charge in [-0.05, 0) is 129 Å². The molecule has 5 aromatic carbocycles. The number of anilines is 2. The van der Waals surface area contributed by atoms with Crippen molar-refractivity contribution < 1.29 is 123 Å². The van der Waals surface area contributed by atoms with E-state index in [9.17, 15) is 123 Å². The predicted molar refractivity (Wildman–Crippen MR) is 473 cm³/mol. The van der Waals surface area contributed by atoms with Crippen molar-refractivity contribution in [3.63, 3.8) is 0 Å². The Bertz CT molecular complexity index is 5330. The van der Waals surface area contributed by atoms with Crippen LogP contribution in [0.3, 0.4) is 0 Å². The fourth-order valence-electron chi connectivity index (χ4n) is 14.5. The second kappa shape index (κ2) is 49.2. The molecule has 710 valence electrons. The molecular formula is C82H108N20O26S3. The van der Waals surface area contributed by atoms with E-state index < -0.39 is 203 Å². The maximum Gasteiger partial charge on any atom is 0.317 e. The number of likely N-dealkylation sites (tertiary alicyclic amines) is 1. The van der Waals surface area contributed by atoms with E-state index >= 15 is 0 Å². The van der Waals surface area contributed by atoms with Gasteiger partial charge in [0.15, 0.2) is 11.7 Å². The summed E-state index contributed by atoms with van der Waals surface area (Å²) in [6.45, 7) is 1.74. The molecular weight excluding hydrogens is 1780 g/mol. The minimum Gasteiger partial charge on any atom is -0.505 e. The van der Waals surface area contributed by atoms with Crippen molar-refractivity contribution in [3.8, 4) is 16.9 Å². The van der Waals surface area contributed by atoms with Crippen LogP contribution in [0, 0.1) is 19.3 Å². The molecule has 8 rings (SSSR count). The first-order valence-corrected chi connectivity index (χ1v) is 45.6. The van der Waals surface area contributed by atoms with Crippen LogP contribution in [0.5, 0.6) is 5.75 Å². The average Bonchev–Trinajstić information content (AvgIpc) is 1.03. The molecule has 131 heavy (non-hydrogen) atoms. The summed E-state index contributed by atoms with van der Waals surface area (Å²) in [6.07, 6.45) is -0.819. The number of nitrogens with one attached hydrogen (secondary N) is 11. The van der Waals surface area contributed by atoms with Gasteiger partial charge in [0.2, 0.25) is 65.0 Å². The average molecular weight is 1890 g/mol. The van der Waals surface area contributed by atoms with E-state index in [2.05, 4.69) is 63.4 Å². The maximum absolute atomic E-state index is 14.6. The van der Waals surface area contributed by atoms with Gasteiger partial charge in [0.1, 0.15) is 45.7 Å². The number of amides is 11. The third kappa shape index (κ3) is 32.9. The Labute approximate surface area is 756 Å². The predicted octanol–water partition coefficient (Wildman–Crippen LogP) is -0.908. The van der Waals surface area contributed by atoms with Gasteiger partial charge in [-0.2, -0.15) is 21.9 Å². The molecule has 3 aliphatic heterocycles. The van der Waals surface area contributed by atoms with E-state index in [1.807, 2.05) is 0 Å². The Morgan fingerprint density at radius 1 is 0.573 bits per heavy atom. The standard InChI is InChI=1S/C82H108N20O26S3/c1-47-35-50(51-17-20-54(48(2)36-51)96-97-55-21-18-52-62(130(123,124)125)40-63(131(126,127)128)74(83)73(52)75(55)116)16-19-53(47)92-77(118)57(90-66(105)42-98-27-29-99(43-70(110)111)31-33-101(45-72(114)115)34-32-100(30-28-98)44-71(112)113)13-6-8-23-86-64(103)22-26-102-68(107)39-61(81(102)122)129-46-67(106)87-24-9-7-14-58-78(119)93-56(15-10-25-88-82(84)85)76(117)89-41-65(104)91-60(38-69(108)109)80(121)95-59(79(120)94-58)37-49-11-4-3-5-12-49/h3-5,11-12,16-21,35-36,40,56-61,116H,6-10,13-15,22-34,37-39,41-46,83H2,1-2H3,(H,86,103)(H,87,106)(H,89,117)(H,90,105)(H,91,104)(H,92,118)(H,93,119)(H,94,120)(H,95,121)(H,108,109)(H,110,111)(H,112,113)(H,114,115)(H4,84,85,88)(H,123,124,125)(H,126,127,128)/t56-,57+,58+,59-,60-,61?/m0/s1. The Balaban J connectivity index is 0.874. The fourth-order valence-corrected chi connectivity index (χ4v) is 17.0. The number of guanidine groups is 1. The Morgan fingerprint density at radius 2 is 1.09 bits per heavy atom. The van der Waals surface area contributed by atoms with Crippen LogP contribution in [0.2, 0.25) is 0 Å². The number of carbonyl (C=O) groups is 15. The number of carboxylic acids is 4. The highest BCUT2D eigenvalue weighted by atomic mass is 32.2. The summed E-state index contributed by atoms with van der Waals surface area (Å²) in [7, 11) is -10.3. The number of carboxylic acid groups (broad SMARTS) is 4. The first kappa shape index (κ1) is 103. The number of benzene rings is 5. The molecule has 3 aliphatic rings. The lowest BCUT2D eigenvalue weighted by molar-refractivity contribution is -0.141. The van der Waals surface area contributed by atoms with Crippen molar-refractivity contribution in [2.45, 2.75) is 136 Å². The van der Waals surface area contributed by atoms with Crippen LogP contribution in [-0.2, 0) is 98.6 Å². The second-order valence-corrected chi connectivity index (χ2v) is 35.3. The summed E-state index contributed by atoms with van der Waals surface area (Å²) in [5.41, 5.74) is 13.9. The molecule has 0 bridgehead atoms. The van der Waals surface area contributed by atoms with Gasteiger partial charge in [-0.1, -0.05) is 48.5 Å². The highest BCUT2D eigenvalue weighted by Crippen LogP contribution is 2.44. The summed E-state index contributed by atoms with van der Waals surface area (Å²) in [6, 6.07) is 14.1. The molecule has 22 N–H and O–H groups in total. The highest BCUT2D eigenvalue weighted by molar-refractivity contribution is 8.01. The van der Waals surface area contributed by atoms with E-state index in [0.717, 1.165) is 28.8 Å². The SMILES string of the molecule is Cc1cc(-c2ccc(NC(=O)[C@@H](CCCCNC(=O)CCN3C(=O)CC(SCC(=O)NCCCC[C@H]4NC(=O)[C@H](Cc5ccccc5)NC(=O)[C@H](CC(=O)O)NC(=O)CNC(=O)[C@H](CCCNC(=N)N)NC4=O)C3=O)NC(=O)CN3CCN(CC(=O)O)CCN(CC(=O)O)CCN(CC(=O)O)CC3)c(C)c2)ccc1N=Nc1ccc2c(S(=O)(=O)O)cc(S(=O)(=O)O)c(N)c2c1O. The zero-order valence-electron chi connectivity index (χ0n) is 71.7. The summed E-state index contributed by atoms with van der Waals surface area (Å²) < 4.78 is 68.5. The van der Waals surface area contributed by atoms with Gasteiger partial charge in [-0.15, -0.1) is 16.9 Å². The van der Waals surface area contributed by atoms with Crippen molar-refractivity contribution >= 4 is 160 Å². The first-order chi connectivity index (χ1) is 62.0. The number of imide groups is 1. The van der Waals surface area contributed by atoms with E-state index in [-0.39, 0.29) is 185 Å². The molecule has 0 radical (unpaired) electrons. The minimum atomic E-state index is -5.18. The Hall–Kier alpha value is -12.9. The smallest absolute Gasteiger partial charge is 0.317 e. The van der Waals surface area contributed by atoms with Crippen molar-refractivity contribution in [2.24, 2.45) is 16.0 Å². The number of rotatable bonds is 40. The number of thioether (sulfide) groups is 1. The number of hydrogen-bond acceptors (Lipinski definition) is 29. The van der Waals surface area contributed by atoms with Crippen LogP contribution in [0.15, 0.2) is 105 Å². The van der Waals surface area contributed by atoms with Gasteiger partial charge >= 0.3 is 23.9 Å². The summed E-state index contributed by atoms with van der Waals surface area (Å²) in [5, 5.41) is 90.2. The Morgan fingerprint density at radius 3 is 1.66 bits per heavy atom. The number of hydrogen-bond donors (Lipinski definition) is 20. The molecule has 0 saturated carbocycles. The van der Waals surface area contributed by atoms with Crippen molar-refractivity contribution in [1.29, 1.82) is 5.41 Å². The van der Waals surface area contributed by atoms with Crippen LogP contribution in [0.4, 0.5) is 22.7 Å². The van der Waals surface area contributed by atoms with Crippen LogP contribution in [-0.4, -0.2) is 323 Å². The summed E-state index contributed by atoms with van der Waals surface area (Å²) in [4.78, 5) is 204. The van der Waals surface area contributed by atoms with Crippen LogP contribution in [0.1, 0.15) is 87.3 Å². The lowest BCUT2D eigenvalue weighted by Gasteiger charge is -2.33. The number of aliphatic carboxylic acids is 4. The van der Waals surface area contributed by atoms with Gasteiger partial charge in [0.25, 0.3) is 20.2 Å². The maximum atomic E-state index is 14.6. The number of fused-ring (bicyclic) bond motifs is 1. The molecule has 1 unspecified atom stereocenters. The molecule has 0 aliphatic carbocycles. The third-order valence-corrected chi connectivity index (χ3v) is 24.4. The highest BCUT2D eigenvalue weighted by Gasteiger charge is 2.40. The molecule has 3 saturated heterocycles. The fraction of sp³-hybridized carbons (Fsp3) is 0.463. The topological polar surface area (TPSA) is 703 Å². The molecule has 46 nitrogen and oxygen atoms in total. The zero-order valence-corrected chi connectivity index (χ0v) is 74.1. The second-order valence-electron chi connectivity index (χ2n) is 31.3. The number of aromatic hydroxyl groups is 1. The molecule has 3 fully saturated rings. The number of aryl methyl sites for hydroxylation is 2. The summed E-state index contributed by atoms with van der Waals surface area (Å²) >= 11 is 0.895. The van der Waals surface area contributed by atoms with Crippen LogP contribution in [0.25, 0.3) is 21.9 Å². The number of nitrogens with zero attached hydrogens (tertiary/aromatic N) is 7. The summed E-state index contributed by atoms with van der Waals surface area (Å²) in [5.74, 6) is -14.6. The zero-order chi connectivity index (χ0) is 96.0. The molecule has 0 spiro atoms. The quantitative estimate of drug-likeness (QED) is 0.00429. The lowest BCUT2D eigenvalue weighted by atomic mass is 10.00. The van der Waals surface area contributed by atoms with Crippen molar-refractivity contribution in [3.05, 3.63) is 102 Å². The van der Waals surface area contributed by atoms with Gasteiger partial charge in [0.05, 0.1) is 66.9 Å².